The van der Waals surface area contributed by atoms with Gasteiger partial charge in [0.05, 0.1) is 11.7 Å². The summed E-state index contributed by atoms with van der Waals surface area (Å²) >= 11 is 0. The van der Waals surface area contributed by atoms with Crippen LogP contribution in [0.3, 0.4) is 0 Å². The lowest BCUT2D eigenvalue weighted by molar-refractivity contribution is 0.102. The van der Waals surface area contributed by atoms with Crippen molar-refractivity contribution in [3.05, 3.63) is 53.7 Å². The van der Waals surface area contributed by atoms with E-state index in [0.29, 0.717) is 16.8 Å². The van der Waals surface area contributed by atoms with E-state index >= 15 is 0 Å². The highest BCUT2D eigenvalue weighted by Gasteiger charge is 2.15. The number of amides is 1. The van der Waals surface area contributed by atoms with Gasteiger partial charge in [0.2, 0.25) is 0 Å². The second-order valence-corrected chi connectivity index (χ2v) is 5.82. The van der Waals surface area contributed by atoms with Crippen LogP contribution < -0.4 is 10.2 Å². The molecule has 0 aliphatic carbocycles. The Bertz CT molecular complexity index is 677. The van der Waals surface area contributed by atoms with Crippen LogP contribution in [0, 0.1) is 0 Å². The Balaban J connectivity index is 1.73. The number of carbonyl (C=O) groups is 1. The highest BCUT2D eigenvalue weighted by molar-refractivity contribution is 6.04. The zero-order chi connectivity index (χ0) is 16.2. The number of carbonyl (C=O) groups excluding carboxylic acids is 1. The lowest BCUT2D eigenvalue weighted by Crippen LogP contribution is -2.19. The summed E-state index contributed by atoms with van der Waals surface area (Å²) in [6, 6.07) is 10.9. The molecule has 5 nitrogen and oxygen atoms in total. The van der Waals surface area contributed by atoms with Crippen LogP contribution in [0.4, 0.5) is 11.5 Å². The summed E-state index contributed by atoms with van der Waals surface area (Å²) in [4.78, 5) is 19.0. The smallest absolute Gasteiger partial charge is 0.257 e. The molecule has 1 aromatic heterocycles. The number of aromatic nitrogens is 1. The zero-order valence-corrected chi connectivity index (χ0v) is 13.2. The van der Waals surface area contributed by atoms with E-state index < -0.39 is 6.10 Å². The van der Waals surface area contributed by atoms with Crippen molar-refractivity contribution in [3.8, 4) is 0 Å². The van der Waals surface area contributed by atoms with E-state index in [0.717, 1.165) is 18.9 Å². The number of hydrogen-bond donors (Lipinski definition) is 2. The Morgan fingerprint density at radius 3 is 2.61 bits per heavy atom. The average Bonchev–Trinajstić information content (AvgIpc) is 3.10. The maximum Gasteiger partial charge on any atom is 0.257 e. The van der Waals surface area contributed by atoms with E-state index in [-0.39, 0.29) is 5.91 Å². The summed E-state index contributed by atoms with van der Waals surface area (Å²) in [6.07, 6.45) is 3.36. The van der Waals surface area contributed by atoms with Gasteiger partial charge in [-0.2, -0.15) is 0 Å². The van der Waals surface area contributed by atoms with E-state index in [2.05, 4.69) is 15.2 Å². The second kappa shape index (κ2) is 6.79. The lowest BCUT2D eigenvalue weighted by Gasteiger charge is -2.16. The first-order chi connectivity index (χ1) is 11.1. The van der Waals surface area contributed by atoms with Crippen molar-refractivity contribution in [2.24, 2.45) is 0 Å². The molecule has 1 unspecified atom stereocenters. The predicted octanol–water partition coefficient (Wildman–Crippen LogP) is 2.99. The molecule has 23 heavy (non-hydrogen) atoms. The molecule has 120 valence electrons. The third-order valence-electron chi connectivity index (χ3n) is 4.10. The maximum absolute atomic E-state index is 12.4. The van der Waals surface area contributed by atoms with Gasteiger partial charge in [0, 0.05) is 30.5 Å². The van der Waals surface area contributed by atoms with E-state index in [1.807, 2.05) is 18.2 Å². The van der Waals surface area contributed by atoms with Gasteiger partial charge in [-0.05, 0) is 38.0 Å². The van der Waals surface area contributed by atoms with Crippen molar-refractivity contribution in [2.75, 3.05) is 23.3 Å². The number of para-hydroxylation sites is 1. The monoisotopic (exact) mass is 311 g/mol. The normalized spacial score (nSPS) is 15.5. The fourth-order valence-corrected chi connectivity index (χ4v) is 2.82. The third kappa shape index (κ3) is 3.51. The second-order valence-electron chi connectivity index (χ2n) is 5.82. The molecule has 0 radical (unpaired) electrons. The Morgan fingerprint density at radius 2 is 1.96 bits per heavy atom. The van der Waals surface area contributed by atoms with E-state index in [4.69, 9.17) is 0 Å². The Labute approximate surface area is 136 Å². The third-order valence-corrected chi connectivity index (χ3v) is 4.10. The molecule has 1 aliphatic rings. The first-order valence-electron chi connectivity index (χ1n) is 7.94. The first kappa shape index (κ1) is 15.5. The SMILES string of the molecule is CC(O)c1ccccc1NC(=O)c1ccc(N2CCCC2)nc1. The molecule has 1 saturated heterocycles. The van der Waals surface area contributed by atoms with Gasteiger partial charge in [0.1, 0.15) is 5.82 Å². The number of rotatable bonds is 4. The van der Waals surface area contributed by atoms with Crippen molar-refractivity contribution >= 4 is 17.4 Å². The van der Waals surface area contributed by atoms with Gasteiger partial charge in [-0.1, -0.05) is 18.2 Å². The number of benzene rings is 1. The van der Waals surface area contributed by atoms with Crippen LogP contribution in [0.2, 0.25) is 0 Å². The topological polar surface area (TPSA) is 65.5 Å². The van der Waals surface area contributed by atoms with Crippen LogP contribution >= 0.6 is 0 Å². The van der Waals surface area contributed by atoms with Crippen LogP contribution in [-0.2, 0) is 0 Å². The van der Waals surface area contributed by atoms with Crippen LogP contribution in [-0.4, -0.2) is 29.1 Å². The zero-order valence-electron chi connectivity index (χ0n) is 13.2. The Kier molecular flexibility index (Phi) is 4.57. The van der Waals surface area contributed by atoms with Gasteiger partial charge in [-0.25, -0.2) is 4.98 Å². The molecular formula is C18H21N3O2. The summed E-state index contributed by atoms with van der Waals surface area (Å²) in [5.41, 5.74) is 1.83. The Morgan fingerprint density at radius 1 is 1.22 bits per heavy atom. The molecule has 1 atom stereocenters. The summed E-state index contributed by atoms with van der Waals surface area (Å²) in [7, 11) is 0. The highest BCUT2D eigenvalue weighted by atomic mass is 16.3. The van der Waals surface area contributed by atoms with Crippen molar-refractivity contribution in [2.45, 2.75) is 25.9 Å². The minimum atomic E-state index is -0.637. The maximum atomic E-state index is 12.4. The van der Waals surface area contributed by atoms with Crippen molar-refractivity contribution in [1.29, 1.82) is 0 Å². The predicted molar refractivity (Wildman–Crippen MR) is 90.7 cm³/mol. The molecule has 1 aromatic carbocycles. The van der Waals surface area contributed by atoms with E-state index in [1.165, 1.54) is 12.8 Å². The van der Waals surface area contributed by atoms with Gasteiger partial charge >= 0.3 is 0 Å². The number of anilines is 2. The van der Waals surface area contributed by atoms with Crippen molar-refractivity contribution in [3.63, 3.8) is 0 Å². The van der Waals surface area contributed by atoms with Crippen LogP contribution in [0.15, 0.2) is 42.6 Å². The summed E-state index contributed by atoms with van der Waals surface area (Å²) < 4.78 is 0. The lowest BCUT2D eigenvalue weighted by atomic mass is 10.1. The summed E-state index contributed by atoms with van der Waals surface area (Å²) in [5.74, 6) is 0.696. The number of pyridine rings is 1. The number of nitrogens with one attached hydrogen (secondary N) is 1. The van der Waals surface area contributed by atoms with Crippen molar-refractivity contribution in [1.82, 2.24) is 4.98 Å². The summed E-state index contributed by atoms with van der Waals surface area (Å²) in [5, 5.41) is 12.6. The molecule has 3 rings (SSSR count). The standard InChI is InChI=1S/C18H21N3O2/c1-13(22)15-6-2-3-7-16(15)20-18(23)14-8-9-17(19-12-14)21-10-4-5-11-21/h2-3,6-9,12-13,22H,4-5,10-11H2,1H3,(H,20,23). The number of aliphatic hydroxyl groups excluding tert-OH is 1. The van der Waals surface area contributed by atoms with Gasteiger partial charge in [-0.15, -0.1) is 0 Å². The number of aliphatic hydroxyl groups is 1. The van der Waals surface area contributed by atoms with E-state index in [1.54, 1.807) is 31.3 Å². The molecule has 1 fully saturated rings. The van der Waals surface area contributed by atoms with Gasteiger partial charge in [0.25, 0.3) is 5.91 Å². The van der Waals surface area contributed by atoms with Crippen LogP contribution in [0.25, 0.3) is 0 Å². The Hall–Kier alpha value is -2.40. The molecule has 2 aromatic rings. The first-order valence-corrected chi connectivity index (χ1v) is 7.94. The highest BCUT2D eigenvalue weighted by Crippen LogP contribution is 2.23. The van der Waals surface area contributed by atoms with Crippen molar-refractivity contribution < 1.29 is 9.90 Å². The molecule has 2 N–H and O–H groups in total. The number of nitrogens with zero attached hydrogens (tertiary/aromatic N) is 2. The summed E-state index contributed by atoms with van der Waals surface area (Å²) in [6.45, 7) is 3.73. The number of hydrogen-bond acceptors (Lipinski definition) is 4. The molecule has 2 heterocycles. The minimum absolute atomic E-state index is 0.224. The van der Waals surface area contributed by atoms with Gasteiger partial charge < -0.3 is 15.3 Å². The largest absolute Gasteiger partial charge is 0.389 e. The fourth-order valence-electron chi connectivity index (χ4n) is 2.82. The van der Waals surface area contributed by atoms with Gasteiger partial charge in [0.15, 0.2) is 0 Å². The molecule has 0 spiro atoms. The molecule has 0 bridgehead atoms. The minimum Gasteiger partial charge on any atom is -0.389 e. The fraction of sp³-hybridized carbons (Fsp3) is 0.333. The molecule has 0 saturated carbocycles. The van der Waals surface area contributed by atoms with Crippen LogP contribution in [0.1, 0.15) is 41.8 Å². The quantitative estimate of drug-likeness (QED) is 0.911. The molecular weight excluding hydrogens is 290 g/mol. The molecule has 1 amide bonds. The molecule has 1 aliphatic heterocycles. The van der Waals surface area contributed by atoms with Crippen LogP contribution in [0.5, 0.6) is 0 Å². The molecule has 5 heteroatoms. The average molecular weight is 311 g/mol. The van der Waals surface area contributed by atoms with E-state index in [9.17, 15) is 9.90 Å². The van der Waals surface area contributed by atoms with Gasteiger partial charge in [-0.3, -0.25) is 4.79 Å².